The van der Waals surface area contributed by atoms with Gasteiger partial charge in [-0.3, -0.25) is 9.69 Å². The molecule has 3 rings (SSSR count). The largest absolute Gasteiger partial charge is 0.493 e. The van der Waals surface area contributed by atoms with Gasteiger partial charge in [-0.05, 0) is 41.5 Å². The predicted octanol–water partition coefficient (Wildman–Crippen LogP) is 3.31. The number of halogens is 1. The van der Waals surface area contributed by atoms with Crippen LogP contribution < -0.4 is 9.47 Å². The molecule has 0 atom stereocenters. The smallest absolute Gasteiger partial charge is 0.239 e. The summed E-state index contributed by atoms with van der Waals surface area (Å²) in [6.45, 7) is 0.330. The molecule has 0 N–H and O–H groups in total. The van der Waals surface area contributed by atoms with Gasteiger partial charge in [-0.25, -0.2) is 4.39 Å². The van der Waals surface area contributed by atoms with Crippen molar-refractivity contribution in [2.24, 2.45) is 10.2 Å². The number of methoxy groups -OCH3 is 2. The summed E-state index contributed by atoms with van der Waals surface area (Å²) in [5, 5.41) is 8.77. The number of hydrogen-bond donors (Lipinski definition) is 0. The van der Waals surface area contributed by atoms with Gasteiger partial charge in [0.1, 0.15) is 5.82 Å². The Morgan fingerprint density at radius 1 is 1.15 bits per heavy atom. The zero-order valence-electron chi connectivity index (χ0n) is 14.9. The van der Waals surface area contributed by atoms with E-state index in [4.69, 9.17) is 9.47 Å². The van der Waals surface area contributed by atoms with Gasteiger partial charge < -0.3 is 9.47 Å². The van der Waals surface area contributed by atoms with E-state index in [0.717, 1.165) is 11.1 Å². The normalized spacial score (nSPS) is 15.7. The predicted molar refractivity (Wildman–Crippen MR) is 104 cm³/mol. The van der Waals surface area contributed by atoms with Gasteiger partial charge in [-0.1, -0.05) is 23.9 Å². The summed E-state index contributed by atoms with van der Waals surface area (Å²) in [6, 6.07) is 11.4. The molecule has 1 aliphatic rings. The number of thioether (sulfide) groups is 1. The molecule has 1 aliphatic heterocycles. The number of hydrogen-bond acceptors (Lipinski definition) is 6. The van der Waals surface area contributed by atoms with Crippen LogP contribution in [0.2, 0.25) is 0 Å². The maximum Gasteiger partial charge on any atom is 0.239 e. The number of carbonyl (C=O) groups is 1. The molecule has 2 aromatic rings. The third kappa shape index (κ3) is 4.65. The molecule has 1 heterocycles. The molecule has 0 saturated carbocycles. The monoisotopic (exact) mass is 387 g/mol. The maximum absolute atomic E-state index is 13.0. The van der Waals surface area contributed by atoms with E-state index in [1.54, 1.807) is 49.6 Å². The van der Waals surface area contributed by atoms with Crippen LogP contribution in [0.5, 0.6) is 11.5 Å². The van der Waals surface area contributed by atoms with Crippen molar-refractivity contribution in [3.63, 3.8) is 0 Å². The van der Waals surface area contributed by atoms with Crippen molar-refractivity contribution in [3.8, 4) is 11.5 Å². The molecule has 140 valence electrons. The first kappa shape index (κ1) is 18.9. The zero-order valence-corrected chi connectivity index (χ0v) is 15.7. The quantitative estimate of drug-likeness (QED) is 0.564. The van der Waals surface area contributed by atoms with Gasteiger partial charge in [0.25, 0.3) is 0 Å². The van der Waals surface area contributed by atoms with E-state index in [1.165, 1.54) is 23.9 Å². The molecular formula is C19H18FN3O3S. The van der Waals surface area contributed by atoms with Crippen LogP contribution in [-0.4, -0.2) is 42.2 Å². The van der Waals surface area contributed by atoms with Crippen LogP contribution in [0.15, 0.2) is 52.7 Å². The minimum Gasteiger partial charge on any atom is -0.493 e. The van der Waals surface area contributed by atoms with Gasteiger partial charge in [-0.15, -0.1) is 5.10 Å². The Bertz CT molecular complexity index is 884. The molecule has 0 bridgehead atoms. The topological polar surface area (TPSA) is 63.5 Å². The summed E-state index contributed by atoms with van der Waals surface area (Å²) >= 11 is 1.32. The standard InChI is InChI=1S/C19H18FN3O3S/c1-25-16-8-5-14(9-17(16)26-2)10-21-22-19-23(18(24)12-27-19)11-13-3-6-15(20)7-4-13/h3-10H,11-12H2,1-2H3. The summed E-state index contributed by atoms with van der Waals surface area (Å²) in [4.78, 5) is 13.7. The van der Waals surface area contributed by atoms with Crippen molar-refractivity contribution in [2.45, 2.75) is 6.54 Å². The lowest BCUT2D eigenvalue weighted by molar-refractivity contribution is -0.124. The minimum absolute atomic E-state index is 0.0515. The van der Waals surface area contributed by atoms with Gasteiger partial charge in [-0.2, -0.15) is 5.10 Å². The summed E-state index contributed by atoms with van der Waals surface area (Å²) < 4.78 is 23.5. The molecule has 8 heteroatoms. The molecule has 27 heavy (non-hydrogen) atoms. The SMILES string of the molecule is COc1ccc(C=NN=C2SCC(=O)N2Cc2ccc(F)cc2)cc1OC. The molecule has 0 unspecified atom stereocenters. The molecule has 0 radical (unpaired) electrons. The Balaban J connectivity index is 1.74. The van der Waals surface area contributed by atoms with Crippen LogP contribution in [-0.2, 0) is 11.3 Å². The molecule has 0 spiro atoms. The van der Waals surface area contributed by atoms with Crippen molar-refractivity contribution < 1.29 is 18.7 Å². The van der Waals surface area contributed by atoms with E-state index in [9.17, 15) is 9.18 Å². The highest BCUT2D eigenvalue weighted by molar-refractivity contribution is 8.15. The zero-order chi connectivity index (χ0) is 19.2. The number of amidine groups is 1. The lowest BCUT2D eigenvalue weighted by Crippen LogP contribution is -2.28. The van der Waals surface area contributed by atoms with Crippen molar-refractivity contribution in [3.05, 3.63) is 59.4 Å². The Hall–Kier alpha value is -2.87. The Kier molecular flexibility index (Phi) is 6.08. The van der Waals surface area contributed by atoms with Gasteiger partial charge >= 0.3 is 0 Å². The molecule has 1 amide bonds. The molecule has 2 aromatic carbocycles. The fourth-order valence-electron chi connectivity index (χ4n) is 2.48. The number of benzene rings is 2. The molecule has 0 aliphatic carbocycles. The highest BCUT2D eigenvalue weighted by Gasteiger charge is 2.28. The Morgan fingerprint density at radius 2 is 1.89 bits per heavy atom. The van der Waals surface area contributed by atoms with Gasteiger partial charge in [0.2, 0.25) is 5.91 Å². The fourth-order valence-corrected chi connectivity index (χ4v) is 3.31. The van der Waals surface area contributed by atoms with E-state index in [-0.39, 0.29) is 11.7 Å². The van der Waals surface area contributed by atoms with Crippen LogP contribution in [0.4, 0.5) is 4.39 Å². The van der Waals surface area contributed by atoms with Crippen LogP contribution in [0.3, 0.4) is 0 Å². The van der Waals surface area contributed by atoms with Crippen molar-refractivity contribution in [1.82, 2.24) is 4.90 Å². The first-order valence-corrected chi connectivity index (χ1v) is 9.10. The Labute approximate surface area is 160 Å². The lowest BCUT2D eigenvalue weighted by atomic mass is 10.2. The first-order chi connectivity index (χ1) is 13.1. The van der Waals surface area contributed by atoms with Crippen LogP contribution in [0, 0.1) is 5.82 Å². The molecule has 0 aromatic heterocycles. The van der Waals surface area contributed by atoms with E-state index in [0.29, 0.717) is 29.0 Å². The number of carbonyl (C=O) groups excluding carboxylic acids is 1. The third-order valence-corrected chi connectivity index (χ3v) is 4.82. The van der Waals surface area contributed by atoms with Crippen molar-refractivity contribution in [2.75, 3.05) is 20.0 Å². The number of ether oxygens (including phenoxy) is 2. The Morgan fingerprint density at radius 3 is 2.59 bits per heavy atom. The van der Waals surface area contributed by atoms with E-state index >= 15 is 0 Å². The minimum atomic E-state index is -0.311. The van der Waals surface area contributed by atoms with Crippen molar-refractivity contribution >= 4 is 29.1 Å². The van der Waals surface area contributed by atoms with Gasteiger partial charge in [0.15, 0.2) is 16.7 Å². The van der Waals surface area contributed by atoms with E-state index in [2.05, 4.69) is 10.2 Å². The third-order valence-electron chi connectivity index (χ3n) is 3.87. The number of amides is 1. The highest BCUT2D eigenvalue weighted by atomic mass is 32.2. The first-order valence-electron chi connectivity index (χ1n) is 8.11. The van der Waals surface area contributed by atoms with Crippen LogP contribution in [0.1, 0.15) is 11.1 Å². The van der Waals surface area contributed by atoms with E-state index < -0.39 is 0 Å². The van der Waals surface area contributed by atoms with Crippen LogP contribution >= 0.6 is 11.8 Å². The second-order valence-corrected chi connectivity index (χ2v) is 6.58. The van der Waals surface area contributed by atoms with Crippen molar-refractivity contribution in [1.29, 1.82) is 0 Å². The lowest BCUT2D eigenvalue weighted by Gasteiger charge is -2.15. The number of nitrogens with zero attached hydrogens (tertiary/aromatic N) is 3. The van der Waals surface area contributed by atoms with Gasteiger partial charge in [0.05, 0.1) is 32.7 Å². The molecule has 6 nitrogen and oxygen atoms in total. The highest BCUT2D eigenvalue weighted by Crippen LogP contribution is 2.27. The summed E-state index contributed by atoms with van der Waals surface area (Å²) in [5.74, 6) is 1.17. The molecule has 1 fully saturated rings. The molecule has 1 saturated heterocycles. The average molecular weight is 387 g/mol. The summed E-state index contributed by atoms with van der Waals surface area (Å²) in [5.41, 5.74) is 1.61. The van der Waals surface area contributed by atoms with E-state index in [1.807, 2.05) is 6.07 Å². The molecular weight excluding hydrogens is 369 g/mol. The maximum atomic E-state index is 13.0. The fraction of sp³-hybridized carbons (Fsp3) is 0.211. The van der Waals surface area contributed by atoms with Gasteiger partial charge in [0, 0.05) is 0 Å². The number of rotatable bonds is 6. The van der Waals surface area contributed by atoms with Crippen LogP contribution in [0.25, 0.3) is 0 Å². The summed E-state index contributed by atoms with van der Waals surface area (Å²) in [7, 11) is 3.13. The second kappa shape index (κ2) is 8.68. The summed E-state index contributed by atoms with van der Waals surface area (Å²) in [6.07, 6.45) is 1.58. The second-order valence-electron chi connectivity index (χ2n) is 5.64. The average Bonchev–Trinajstić information content (AvgIpc) is 3.03.